The van der Waals surface area contributed by atoms with Crippen LogP contribution >= 0.6 is 11.3 Å². The van der Waals surface area contributed by atoms with Gasteiger partial charge >= 0.3 is 0 Å². The predicted octanol–water partition coefficient (Wildman–Crippen LogP) is 0.708. The Morgan fingerprint density at radius 2 is 2.45 bits per heavy atom. The first kappa shape index (κ1) is 8.00. The maximum atomic E-state index is 10.8. The summed E-state index contributed by atoms with van der Waals surface area (Å²) in [6.45, 7) is 1.48. The largest absolute Gasteiger partial charge is 0.383 e. The van der Waals surface area contributed by atoms with Crippen molar-refractivity contribution >= 4 is 28.2 Å². The van der Waals surface area contributed by atoms with E-state index in [2.05, 4.69) is 4.98 Å². The summed E-state index contributed by atoms with van der Waals surface area (Å²) >= 11 is 1.35. The highest BCUT2D eigenvalue weighted by Crippen LogP contribution is 2.19. The van der Waals surface area contributed by atoms with Gasteiger partial charge in [0, 0.05) is 19.4 Å². The number of nitrogens with two attached hydrogens (primary N) is 1. The van der Waals surface area contributed by atoms with Crippen molar-refractivity contribution in [3.63, 3.8) is 0 Å². The van der Waals surface area contributed by atoms with Gasteiger partial charge in [0.1, 0.15) is 5.82 Å². The second kappa shape index (κ2) is 2.87. The van der Waals surface area contributed by atoms with Gasteiger partial charge in [0.15, 0.2) is 5.13 Å². The second-order valence-electron chi connectivity index (χ2n) is 2.13. The molecular formula is C6H9N3OS. The van der Waals surface area contributed by atoms with Crippen LogP contribution in [-0.4, -0.2) is 17.9 Å². The van der Waals surface area contributed by atoms with Crippen molar-refractivity contribution in [3.8, 4) is 0 Å². The Balaban J connectivity index is 2.84. The molecule has 0 saturated carbocycles. The quantitative estimate of drug-likeness (QED) is 0.677. The van der Waals surface area contributed by atoms with E-state index in [9.17, 15) is 4.79 Å². The number of carbonyl (C=O) groups is 1. The fourth-order valence-corrected chi connectivity index (χ4v) is 1.29. The second-order valence-corrected chi connectivity index (χ2v) is 2.97. The number of nitrogens with zero attached hydrogens (tertiary/aromatic N) is 2. The molecule has 0 atom stereocenters. The van der Waals surface area contributed by atoms with Gasteiger partial charge in [-0.05, 0) is 0 Å². The molecule has 0 unspecified atom stereocenters. The monoisotopic (exact) mass is 171 g/mol. The smallest absolute Gasteiger partial charge is 0.225 e. The molecule has 0 bridgehead atoms. The van der Waals surface area contributed by atoms with Crippen LogP contribution in [0.25, 0.3) is 0 Å². The van der Waals surface area contributed by atoms with E-state index in [0.29, 0.717) is 10.9 Å². The number of thiazole rings is 1. The zero-order chi connectivity index (χ0) is 8.43. The molecule has 11 heavy (non-hydrogen) atoms. The van der Waals surface area contributed by atoms with Crippen LogP contribution in [0.5, 0.6) is 0 Å². The summed E-state index contributed by atoms with van der Waals surface area (Å²) in [5.41, 5.74) is 5.38. The van der Waals surface area contributed by atoms with Gasteiger partial charge in [-0.2, -0.15) is 0 Å². The number of nitrogen functional groups attached to an aromatic ring is 1. The van der Waals surface area contributed by atoms with E-state index in [1.54, 1.807) is 12.4 Å². The maximum Gasteiger partial charge on any atom is 0.225 e. The van der Waals surface area contributed by atoms with E-state index in [1.165, 1.54) is 23.2 Å². The van der Waals surface area contributed by atoms with E-state index in [0.717, 1.165) is 0 Å². The zero-order valence-electron chi connectivity index (χ0n) is 6.37. The zero-order valence-corrected chi connectivity index (χ0v) is 7.18. The summed E-state index contributed by atoms with van der Waals surface area (Å²) in [6, 6.07) is 0. The van der Waals surface area contributed by atoms with Gasteiger partial charge < -0.3 is 5.73 Å². The van der Waals surface area contributed by atoms with Gasteiger partial charge in [-0.15, -0.1) is 11.3 Å². The Bertz CT molecular complexity index is 271. The first-order chi connectivity index (χ1) is 5.11. The van der Waals surface area contributed by atoms with Crippen LogP contribution in [0.2, 0.25) is 0 Å². The number of hydrogen-bond donors (Lipinski definition) is 1. The standard InChI is InChI=1S/C6H9N3OS/c1-4(10)9(2)6-8-5(7)3-11-6/h3H,7H2,1-2H3. The number of rotatable bonds is 1. The molecule has 1 aromatic rings. The summed E-state index contributed by atoms with van der Waals surface area (Å²) in [7, 11) is 1.67. The van der Waals surface area contributed by atoms with Crippen LogP contribution in [0.15, 0.2) is 5.38 Å². The van der Waals surface area contributed by atoms with Crippen molar-refractivity contribution in [1.29, 1.82) is 0 Å². The van der Waals surface area contributed by atoms with Crippen molar-refractivity contribution in [2.24, 2.45) is 0 Å². The molecule has 0 aliphatic heterocycles. The van der Waals surface area contributed by atoms with E-state index in [4.69, 9.17) is 5.73 Å². The van der Waals surface area contributed by atoms with E-state index < -0.39 is 0 Å². The average Bonchev–Trinajstić information content (AvgIpc) is 2.34. The molecule has 1 amide bonds. The third-order valence-corrected chi connectivity index (χ3v) is 2.20. The third kappa shape index (κ3) is 1.68. The normalized spacial score (nSPS) is 9.64. The molecule has 0 aromatic carbocycles. The highest BCUT2D eigenvalue weighted by atomic mass is 32.1. The van der Waals surface area contributed by atoms with Gasteiger partial charge in [0.2, 0.25) is 5.91 Å². The van der Waals surface area contributed by atoms with Crippen LogP contribution in [0.1, 0.15) is 6.92 Å². The molecule has 4 nitrogen and oxygen atoms in total. The average molecular weight is 171 g/mol. The minimum atomic E-state index is -0.0423. The van der Waals surface area contributed by atoms with Crippen LogP contribution in [-0.2, 0) is 4.79 Å². The Labute approximate surface area is 68.6 Å². The van der Waals surface area contributed by atoms with Crippen molar-refractivity contribution in [2.45, 2.75) is 6.92 Å². The summed E-state index contributed by atoms with van der Waals surface area (Å²) in [5, 5.41) is 2.34. The maximum absolute atomic E-state index is 10.8. The Morgan fingerprint density at radius 1 is 1.82 bits per heavy atom. The molecule has 0 radical (unpaired) electrons. The number of carbonyl (C=O) groups excluding carboxylic acids is 1. The van der Waals surface area contributed by atoms with Gasteiger partial charge in [-0.1, -0.05) is 0 Å². The van der Waals surface area contributed by atoms with Crippen LogP contribution < -0.4 is 10.6 Å². The highest BCUT2D eigenvalue weighted by molar-refractivity contribution is 7.14. The minimum Gasteiger partial charge on any atom is -0.383 e. The van der Waals surface area contributed by atoms with E-state index in [-0.39, 0.29) is 5.91 Å². The lowest BCUT2D eigenvalue weighted by Gasteiger charge is -2.08. The molecule has 1 aromatic heterocycles. The van der Waals surface area contributed by atoms with Gasteiger partial charge in [-0.3, -0.25) is 9.69 Å². The van der Waals surface area contributed by atoms with Gasteiger partial charge in [-0.25, -0.2) is 4.98 Å². The lowest BCUT2D eigenvalue weighted by atomic mass is 10.6. The molecule has 60 valence electrons. The van der Waals surface area contributed by atoms with Crippen molar-refractivity contribution in [1.82, 2.24) is 4.98 Å². The van der Waals surface area contributed by atoms with Gasteiger partial charge in [0.05, 0.1) is 0 Å². The van der Waals surface area contributed by atoms with Crippen LogP contribution in [0.4, 0.5) is 10.9 Å². The Morgan fingerprint density at radius 3 is 2.82 bits per heavy atom. The van der Waals surface area contributed by atoms with E-state index >= 15 is 0 Å². The lowest BCUT2D eigenvalue weighted by molar-refractivity contribution is -0.116. The van der Waals surface area contributed by atoms with Crippen molar-refractivity contribution in [3.05, 3.63) is 5.38 Å². The first-order valence-electron chi connectivity index (χ1n) is 3.06. The third-order valence-electron chi connectivity index (χ3n) is 1.27. The fourth-order valence-electron chi connectivity index (χ4n) is 0.565. The van der Waals surface area contributed by atoms with Crippen LogP contribution in [0, 0.1) is 0 Å². The van der Waals surface area contributed by atoms with Crippen molar-refractivity contribution < 1.29 is 4.79 Å². The number of aromatic nitrogens is 1. The Kier molecular flexibility index (Phi) is 2.09. The fraction of sp³-hybridized carbons (Fsp3) is 0.333. The molecular weight excluding hydrogens is 162 g/mol. The summed E-state index contributed by atoms with van der Waals surface area (Å²) in [6.07, 6.45) is 0. The summed E-state index contributed by atoms with van der Waals surface area (Å²) in [4.78, 5) is 16.2. The number of anilines is 2. The van der Waals surface area contributed by atoms with Gasteiger partial charge in [0.25, 0.3) is 0 Å². The molecule has 5 heteroatoms. The lowest BCUT2D eigenvalue weighted by Crippen LogP contribution is -2.22. The Hall–Kier alpha value is -1.10. The SMILES string of the molecule is CC(=O)N(C)c1nc(N)cs1. The number of hydrogen-bond acceptors (Lipinski definition) is 4. The summed E-state index contributed by atoms with van der Waals surface area (Å²) < 4.78 is 0. The van der Waals surface area contributed by atoms with Crippen molar-refractivity contribution in [2.75, 3.05) is 17.7 Å². The molecule has 1 heterocycles. The predicted molar refractivity (Wildman–Crippen MR) is 45.6 cm³/mol. The topological polar surface area (TPSA) is 59.2 Å². The van der Waals surface area contributed by atoms with Crippen LogP contribution in [0.3, 0.4) is 0 Å². The molecule has 0 aliphatic carbocycles. The highest BCUT2D eigenvalue weighted by Gasteiger charge is 2.08. The molecule has 0 fully saturated rings. The first-order valence-corrected chi connectivity index (χ1v) is 3.94. The molecule has 2 N–H and O–H groups in total. The molecule has 0 spiro atoms. The number of amides is 1. The molecule has 0 saturated heterocycles. The van der Waals surface area contributed by atoms with E-state index in [1.807, 2.05) is 0 Å². The summed E-state index contributed by atoms with van der Waals surface area (Å²) in [5.74, 6) is 0.414. The minimum absolute atomic E-state index is 0.0423. The molecule has 1 rings (SSSR count). The molecule has 0 aliphatic rings.